The van der Waals surface area contributed by atoms with E-state index in [2.05, 4.69) is 29.3 Å². The molecule has 0 bridgehead atoms. The summed E-state index contributed by atoms with van der Waals surface area (Å²) in [7, 11) is 0. The molecule has 2 aromatic carbocycles. The van der Waals surface area contributed by atoms with E-state index in [0.717, 1.165) is 43.7 Å². The number of amides is 1. The van der Waals surface area contributed by atoms with E-state index in [-0.39, 0.29) is 11.7 Å². The number of likely N-dealkylation sites (N-methyl/N-ethyl adjacent to an activating group) is 1. The van der Waals surface area contributed by atoms with E-state index in [9.17, 15) is 9.18 Å². The normalized spacial score (nSPS) is 18.3. The summed E-state index contributed by atoms with van der Waals surface area (Å²) in [5, 5.41) is 3.05. The van der Waals surface area contributed by atoms with Gasteiger partial charge in [-0.1, -0.05) is 12.1 Å². The number of anilines is 2. The van der Waals surface area contributed by atoms with Crippen LogP contribution in [0.4, 0.5) is 15.8 Å². The van der Waals surface area contributed by atoms with Gasteiger partial charge in [-0.05, 0) is 43.3 Å². The minimum Gasteiger partial charge on any atom is -0.360 e. The lowest BCUT2D eigenvalue weighted by atomic mass is 10.2. The van der Waals surface area contributed by atoms with Gasteiger partial charge in [-0.25, -0.2) is 4.39 Å². The predicted octanol–water partition coefficient (Wildman–Crippen LogP) is 0.737. The molecule has 0 radical (unpaired) electrons. The highest BCUT2D eigenvalue weighted by Crippen LogP contribution is 2.18. The molecule has 1 aliphatic heterocycles. The van der Waals surface area contributed by atoms with Crippen molar-refractivity contribution in [2.45, 2.75) is 32.4 Å². The maximum Gasteiger partial charge on any atom is 0.279 e. The number of nitrogens with zero attached hydrogens (tertiary/aromatic N) is 1. The molecule has 3 N–H and O–H groups in total. The van der Waals surface area contributed by atoms with Crippen LogP contribution < -0.4 is 20.0 Å². The minimum atomic E-state index is -0.221. The van der Waals surface area contributed by atoms with Gasteiger partial charge in [-0.2, -0.15) is 0 Å². The van der Waals surface area contributed by atoms with Crippen LogP contribution in [-0.4, -0.2) is 51.2 Å². The molecule has 2 fully saturated rings. The molecule has 5 nitrogen and oxygen atoms in total. The monoisotopic (exact) mass is 412 g/mol. The number of carbonyl (C=O) groups excluding carboxylic acids is 1. The van der Waals surface area contributed by atoms with E-state index < -0.39 is 0 Å². The molecule has 1 heterocycles. The number of hydrogen-bond acceptors (Lipinski definition) is 2. The largest absolute Gasteiger partial charge is 0.360 e. The van der Waals surface area contributed by atoms with E-state index in [0.29, 0.717) is 12.6 Å². The highest BCUT2D eigenvalue weighted by atomic mass is 19.1. The summed E-state index contributed by atoms with van der Waals surface area (Å²) in [5.41, 5.74) is 3.14. The quantitative estimate of drug-likeness (QED) is 0.599. The second-order valence-corrected chi connectivity index (χ2v) is 8.60. The third-order valence-corrected chi connectivity index (χ3v) is 6.37. The van der Waals surface area contributed by atoms with Gasteiger partial charge in [-0.15, -0.1) is 0 Å². The van der Waals surface area contributed by atoms with Crippen molar-refractivity contribution >= 4 is 17.3 Å². The van der Waals surface area contributed by atoms with Crippen molar-refractivity contribution in [1.29, 1.82) is 0 Å². The maximum absolute atomic E-state index is 13.2. The van der Waals surface area contributed by atoms with E-state index in [1.54, 1.807) is 4.90 Å². The van der Waals surface area contributed by atoms with Gasteiger partial charge in [0.2, 0.25) is 0 Å². The number of halogens is 1. The number of hydrogen-bond donors (Lipinski definition) is 3. The first-order valence-corrected chi connectivity index (χ1v) is 11.2. The molecular weight excluding hydrogens is 379 g/mol. The summed E-state index contributed by atoms with van der Waals surface area (Å²) in [6.45, 7) is 9.16. The van der Waals surface area contributed by atoms with Gasteiger partial charge in [0.25, 0.3) is 5.91 Å². The first kappa shape index (κ1) is 20.8. The van der Waals surface area contributed by atoms with Crippen LogP contribution in [0.2, 0.25) is 0 Å². The first-order chi connectivity index (χ1) is 14.6. The average molecular weight is 413 g/mol. The molecule has 160 valence electrons. The summed E-state index contributed by atoms with van der Waals surface area (Å²) in [5.74, 6) is -0.187. The number of carbonyl (C=O) groups is 1. The van der Waals surface area contributed by atoms with Crippen molar-refractivity contribution in [3.05, 3.63) is 59.9 Å². The van der Waals surface area contributed by atoms with Gasteiger partial charge < -0.3 is 20.0 Å². The van der Waals surface area contributed by atoms with Crippen molar-refractivity contribution in [2.24, 2.45) is 0 Å². The summed E-state index contributed by atoms with van der Waals surface area (Å²) in [6, 6.07) is 15.4. The first-order valence-electron chi connectivity index (χ1n) is 11.2. The molecule has 0 aromatic heterocycles. The Morgan fingerprint density at radius 3 is 2.37 bits per heavy atom. The fraction of sp³-hybridized carbons (Fsp3) is 0.458. The molecule has 1 unspecified atom stereocenters. The second-order valence-electron chi connectivity index (χ2n) is 8.60. The Hall–Kier alpha value is -2.44. The Morgan fingerprint density at radius 1 is 1.10 bits per heavy atom. The van der Waals surface area contributed by atoms with Gasteiger partial charge in [0, 0.05) is 29.8 Å². The zero-order chi connectivity index (χ0) is 20.9. The SMILES string of the molecule is CC[NH+]1CCN(c2ccc(NC(=O)C[NH+](Cc3ccc(F)cc3)C3CC3)cc2)CC1. The molecule has 1 atom stereocenters. The fourth-order valence-corrected chi connectivity index (χ4v) is 4.31. The third kappa shape index (κ3) is 5.58. The minimum absolute atomic E-state index is 0.0342. The third-order valence-electron chi connectivity index (χ3n) is 6.37. The number of benzene rings is 2. The zero-order valence-corrected chi connectivity index (χ0v) is 17.8. The van der Waals surface area contributed by atoms with E-state index in [4.69, 9.17) is 0 Å². The lowest BCUT2D eigenvalue weighted by molar-refractivity contribution is -0.916. The van der Waals surface area contributed by atoms with Crippen LogP contribution >= 0.6 is 0 Å². The molecule has 2 aliphatic rings. The molecule has 1 saturated carbocycles. The standard InChI is InChI=1S/C24H31FN4O/c1-2-27-13-15-28(16-14-27)22-9-7-21(8-10-22)26-24(30)18-29(23-11-12-23)17-19-3-5-20(25)6-4-19/h3-10,23H,2,11-18H2,1H3,(H,26,30)/p+2. The average Bonchev–Trinajstić information content (AvgIpc) is 3.61. The van der Waals surface area contributed by atoms with E-state index in [1.165, 1.54) is 42.4 Å². The van der Waals surface area contributed by atoms with Gasteiger partial charge in [-0.3, -0.25) is 4.79 Å². The van der Waals surface area contributed by atoms with Crippen LogP contribution in [-0.2, 0) is 11.3 Å². The Kier molecular flexibility index (Phi) is 6.65. The summed E-state index contributed by atoms with van der Waals surface area (Å²) in [6.07, 6.45) is 2.32. The molecule has 6 heteroatoms. The van der Waals surface area contributed by atoms with Gasteiger partial charge in [0.1, 0.15) is 12.4 Å². The number of nitrogens with one attached hydrogen (secondary N) is 3. The van der Waals surface area contributed by atoms with Crippen LogP contribution in [0.15, 0.2) is 48.5 Å². The lowest BCUT2D eigenvalue weighted by Crippen LogP contribution is -3.14. The summed E-state index contributed by atoms with van der Waals surface area (Å²) < 4.78 is 13.2. The highest BCUT2D eigenvalue weighted by molar-refractivity contribution is 5.91. The molecule has 0 spiro atoms. The van der Waals surface area contributed by atoms with E-state index in [1.807, 2.05) is 24.3 Å². The van der Waals surface area contributed by atoms with Crippen molar-refractivity contribution in [1.82, 2.24) is 0 Å². The molecule has 4 rings (SSSR count). The zero-order valence-electron chi connectivity index (χ0n) is 17.8. The van der Waals surface area contributed by atoms with Crippen molar-refractivity contribution < 1.29 is 19.0 Å². The number of quaternary nitrogens is 2. The highest BCUT2D eigenvalue weighted by Gasteiger charge is 2.34. The lowest BCUT2D eigenvalue weighted by Gasteiger charge is -2.33. The Morgan fingerprint density at radius 2 is 1.77 bits per heavy atom. The topological polar surface area (TPSA) is 41.2 Å². The van der Waals surface area contributed by atoms with Gasteiger partial charge in [0.05, 0.1) is 38.8 Å². The van der Waals surface area contributed by atoms with Crippen molar-refractivity contribution in [3.8, 4) is 0 Å². The predicted molar refractivity (Wildman–Crippen MR) is 117 cm³/mol. The molecule has 1 saturated heterocycles. The Bertz CT molecular complexity index is 827. The molecule has 30 heavy (non-hydrogen) atoms. The van der Waals surface area contributed by atoms with Crippen molar-refractivity contribution in [2.75, 3.05) is 49.5 Å². The van der Waals surface area contributed by atoms with Crippen LogP contribution in [0.3, 0.4) is 0 Å². The number of piperazine rings is 1. The summed E-state index contributed by atoms with van der Waals surface area (Å²) >= 11 is 0. The maximum atomic E-state index is 13.2. The van der Waals surface area contributed by atoms with Gasteiger partial charge >= 0.3 is 0 Å². The molecule has 1 amide bonds. The van der Waals surface area contributed by atoms with Gasteiger partial charge in [0.15, 0.2) is 6.54 Å². The molecule has 1 aliphatic carbocycles. The van der Waals surface area contributed by atoms with Crippen LogP contribution in [0.5, 0.6) is 0 Å². The van der Waals surface area contributed by atoms with Crippen LogP contribution in [0.25, 0.3) is 0 Å². The van der Waals surface area contributed by atoms with Crippen molar-refractivity contribution in [3.63, 3.8) is 0 Å². The second kappa shape index (κ2) is 9.58. The Balaban J connectivity index is 1.30. The van der Waals surface area contributed by atoms with Crippen LogP contribution in [0, 0.1) is 5.82 Å². The Labute approximate surface area is 178 Å². The van der Waals surface area contributed by atoms with E-state index >= 15 is 0 Å². The molecule has 2 aromatic rings. The summed E-state index contributed by atoms with van der Waals surface area (Å²) in [4.78, 5) is 18.0. The fourth-order valence-electron chi connectivity index (χ4n) is 4.31. The number of rotatable bonds is 8. The smallest absolute Gasteiger partial charge is 0.279 e. The molecular formula is C24H33FN4O+2. The van der Waals surface area contributed by atoms with Crippen LogP contribution in [0.1, 0.15) is 25.3 Å².